The first-order chi connectivity index (χ1) is 9.10. The summed E-state index contributed by atoms with van der Waals surface area (Å²) in [6, 6.07) is 2.49. The number of hydrogen-bond acceptors (Lipinski definition) is 4. The predicted octanol–water partition coefficient (Wildman–Crippen LogP) is 3.29. The minimum atomic E-state index is 0.399. The Morgan fingerprint density at radius 2 is 2.16 bits per heavy atom. The van der Waals surface area contributed by atoms with Crippen molar-refractivity contribution in [2.24, 2.45) is 5.92 Å². The number of nitrogens with zero attached hydrogens (tertiary/aromatic N) is 3. The van der Waals surface area contributed by atoms with Crippen LogP contribution in [0.4, 0.5) is 5.82 Å². The van der Waals surface area contributed by atoms with Gasteiger partial charge in [0.1, 0.15) is 17.6 Å². The lowest BCUT2D eigenvalue weighted by Gasteiger charge is -2.24. The molecule has 4 nitrogen and oxygen atoms in total. The van der Waals surface area contributed by atoms with Gasteiger partial charge in [-0.2, -0.15) is 0 Å². The SMILES string of the molecule is COCc1nc(Cl)cc(N(CCC(C)C)C2CC2)n1. The van der Waals surface area contributed by atoms with Crippen molar-refractivity contribution >= 4 is 17.4 Å². The van der Waals surface area contributed by atoms with Crippen molar-refractivity contribution in [2.75, 3.05) is 18.6 Å². The molecule has 0 bridgehead atoms. The fourth-order valence-corrected chi connectivity index (χ4v) is 2.26. The Morgan fingerprint density at radius 1 is 1.42 bits per heavy atom. The molecular weight excluding hydrogens is 262 g/mol. The van der Waals surface area contributed by atoms with Gasteiger partial charge < -0.3 is 9.64 Å². The molecule has 2 rings (SSSR count). The Labute approximate surface area is 120 Å². The summed E-state index contributed by atoms with van der Waals surface area (Å²) in [7, 11) is 1.64. The van der Waals surface area contributed by atoms with E-state index in [1.165, 1.54) is 12.8 Å². The highest BCUT2D eigenvalue weighted by molar-refractivity contribution is 6.29. The molecule has 1 aromatic heterocycles. The monoisotopic (exact) mass is 283 g/mol. The maximum Gasteiger partial charge on any atom is 0.158 e. The lowest BCUT2D eigenvalue weighted by molar-refractivity contribution is 0.178. The molecule has 0 spiro atoms. The normalized spacial score (nSPS) is 15.0. The summed E-state index contributed by atoms with van der Waals surface area (Å²) in [6.07, 6.45) is 3.66. The van der Waals surface area contributed by atoms with Gasteiger partial charge in [-0.05, 0) is 25.2 Å². The summed E-state index contributed by atoms with van der Waals surface area (Å²) in [4.78, 5) is 11.1. The molecule has 0 aliphatic heterocycles. The van der Waals surface area contributed by atoms with E-state index in [9.17, 15) is 0 Å². The average molecular weight is 284 g/mol. The van der Waals surface area contributed by atoms with Crippen LogP contribution in [0.1, 0.15) is 38.9 Å². The minimum absolute atomic E-state index is 0.399. The Hall–Kier alpha value is -0.870. The Balaban J connectivity index is 2.15. The van der Waals surface area contributed by atoms with Gasteiger partial charge in [-0.1, -0.05) is 25.4 Å². The lowest BCUT2D eigenvalue weighted by atomic mass is 10.1. The van der Waals surface area contributed by atoms with E-state index in [1.54, 1.807) is 7.11 Å². The number of anilines is 1. The van der Waals surface area contributed by atoms with E-state index >= 15 is 0 Å². The van der Waals surface area contributed by atoms with Crippen LogP contribution in [0.25, 0.3) is 0 Å². The van der Waals surface area contributed by atoms with Crippen molar-refractivity contribution in [1.82, 2.24) is 9.97 Å². The fourth-order valence-electron chi connectivity index (χ4n) is 2.06. The van der Waals surface area contributed by atoms with Gasteiger partial charge in [0.15, 0.2) is 5.82 Å². The second-order valence-electron chi connectivity index (χ2n) is 5.51. The van der Waals surface area contributed by atoms with E-state index < -0.39 is 0 Å². The highest BCUT2D eigenvalue weighted by Gasteiger charge is 2.30. The van der Waals surface area contributed by atoms with Gasteiger partial charge in [-0.25, -0.2) is 9.97 Å². The first-order valence-corrected chi connectivity index (χ1v) is 7.27. The summed E-state index contributed by atoms with van der Waals surface area (Å²) in [6.45, 7) is 5.92. The van der Waals surface area contributed by atoms with Crippen LogP contribution in [0, 0.1) is 5.92 Å². The Morgan fingerprint density at radius 3 is 2.74 bits per heavy atom. The molecule has 1 aliphatic rings. The molecule has 0 amide bonds. The van der Waals surface area contributed by atoms with Crippen LogP contribution in [-0.2, 0) is 11.3 Å². The number of halogens is 1. The molecule has 0 atom stereocenters. The van der Waals surface area contributed by atoms with Crippen LogP contribution >= 0.6 is 11.6 Å². The molecule has 1 aliphatic carbocycles. The number of hydrogen-bond donors (Lipinski definition) is 0. The van der Waals surface area contributed by atoms with Gasteiger partial charge in [0, 0.05) is 25.8 Å². The van der Waals surface area contributed by atoms with Crippen molar-refractivity contribution in [1.29, 1.82) is 0 Å². The Bertz CT molecular complexity index is 421. The molecule has 1 fully saturated rings. The van der Waals surface area contributed by atoms with Crippen molar-refractivity contribution in [3.63, 3.8) is 0 Å². The fraction of sp³-hybridized carbons (Fsp3) is 0.714. The molecule has 1 aromatic rings. The summed E-state index contributed by atoms with van der Waals surface area (Å²) < 4.78 is 5.09. The molecule has 1 saturated carbocycles. The molecule has 0 N–H and O–H groups in total. The van der Waals surface area contributed by atoms with Crippen LogP contribution in [0.2, 0.25) is 5.15 Å². The average Bonchev–Trinajstić information content (AvgIpc) is 3.13. The smallest absolute Gasteiger partial charge is 0.158 e. The van der Waals surface area contributed by atoms with Gasteiger partial charge in [-0.15, -0.1) is 0 Å². The quantitative estimate of drug-likeness (QED) is 0.720. The molecule has 0 aromatic carbocycles. The number of aromatic nitrogens is 2. The first kappa shape index (κ1) is 14.5. The zero-order chi connectivity index (χ0) is 13.8. The van der Waals surface area contributed by atoms with Crippen molar-refractivity contribution in [3.05, 3.63) is 17.0 Å². The van der Waals surface area contributed by atoms with E-state index in [-0.39, 0.29) is 0 Å². The van der Waals surface area contributed by atoms with Crippen LogP contribution in [0.3, 0.4) is 0 Å². The first-order valence-electron chi connectivity index (χ1n) is 6.89. The van der Waals surface area contributed by atoms with Gasteiger partial charge in [0.2, 0.25) is 0 Å². The summed E-state index contributed by atoms with van der Waals surface area (Å²) in [5.74, 6) is 2.28. The van der Waals surface area contributed by atoms with E-state index in [0.29, 0.717) is 29.5 Å². The summed E-state index contributed by atoms with van der Waals surface area (Å²) in [5, 5.41) is 0.493. The zero-order valence-corrected chi connectivity index (χ0v) is 12.7. The second kappa shape index (κ2) is 6.53. The molecule has 1 heterocycles. The molecule has 5 heteroatoms. The maximum absolute atomic E-state index is 6.08. The summed E-state index contributed by atoms with van der Waals surface area (Å²) >= 11 is 6.08. The largest absolute Gasteiger partial charge is 0.377 e. The van der Waals surface area contributed by atoms with Gasteiger partial charge in [0.05, 0.1) is 0 Å². The number of methoxy groups -OCH3 is 1. The van der Waals surface area contributed by atoms with Gasteiger partial charge in [0.25, 0.3) is 0 Å². The third kappa shape index (κ3) is 4.32. The maximum atomic E-state index is 6.08. The Kier molecular flexibility index (Phi) is 4.99. The van der Waals surface area contributed by atoms with E-state index in [4.69, 9.17) is 16.3 Å². The molecule has 0 radical (unpaired) electrons. The molecular formula is C14H22ClN3O. The highest BCUT2D eigenvalue weighted by Crippen LogP contribution is 2.32. The number of ether oxygens (including phenoxy) is 1. The third-order valence-electron chi connectivity index (χ3n) is 3.23. The van der Waals surface area contributed by atoms with Gasteiger partial charge in [-0.3, -0.25) is 0 Å². The highest BCUT2D eigenvalue weighted by atomic mass is 35.5. The van der Waals surface area contributed by atoms with Crippen LogP contribution in [0.5, 0.6) is 0 Å². The van der Waals surface area contributed by atoms with Crippen molar-refractivity contribution < 1.29 is 4.74 Å². The van der Waals surface area contributed by atoms with Crippen LogP contribution in [-0.4, -0.2) is 29.7 Å². The predicted molar refractivity (Wildman–Crippen MR) is 77.6 cm³/mol. The second-order valence-corrected chi connectivity index (χ2v) is 5.89. The molecule has 19 heavy (non-hydrogen) atoms. The molecule has 0 saturated heterocycles. The van der Waals surface area contributed by atoms with Crippen molar-refractivity contribution in [2.45, 2.75) is 45.8 Å². The minimum Gasteiger partial charge on any atom is -0.377 e. The lowest BCUT2D eigenvalue weighted by Crippen LogP contribution is -2.29. The van der Waals surface area contributed by atoms with Gasteiger partial charge >= 0.3 is 0 Å². The van der Waals surface area contributed by atoms with Crippen molar-refractivity contribution in [3.8, 4) is 0 Å². The number of rotatable bonds is 7. The van der Waals surface area contributed by atoms with E-state index in [2.05, 4.69) is 28.7 Å². The summed E-state index contributed by atoms with van der Waals surface area (Å²) in [5.41, 5.74) is 0. The standard InChI is InChI=1S/C14H22ClN3O/c1-10(2)6-7-18(11-4-5-11)14-8-12(15)16-13(17-14)9-19-3/h8,10-11H,4-7,9H2,1-3H3. The molecule has 106 valence electrons. The van der Waals surface area contributed by atoms with E-state index in [1.807, 2.05) is 6.07 Å². The molecule has 0 unspecified atom stereocenters. The topological polar surface area (TPSA) is 38.2 Å². The third-order valence-corrected chi connectivity index (χ3v) is 3.42. The van der Waals surface area contributed by atoms with Crippen LogP contribution in [0.15, 0.2) is 6.07 Å². The van der Waals surface area contributed by atoms with Crippen LogP contribution < -0.4 is 4.90 Å². The zero-order valence-electron chi connectivity index (χ0n) is 11.9. The van der Waals surface area contributed by atoms with E-state index in [0.717, 1.165) is 18.8 Å².